The van der Waals surface area contributed by atoms with Gasteiger partial charge in [-0.25, -0.2) is 0 Å². The number of hydrogen-bond donors (Lipinski definition) is 3. The fourth-order valence-electron chi connectivity index (χ4n) is 7.07. The standard InChI is InChI=1S/C33H39N3O6/c1-19(20-7-5-4-6-8-20)35-31(38)28-21-9-10-22(15-21)29(28)36-30(37)25-17-26(23(18-34)16-27(25)41-3)42-24-11-13-33(2,14-12-24)32(39)40/h4-8,16-17,19,21-22,24,28-29H,9-15H2,1-3H3,(H,35,38)(H,36,37)(H,39,40)/t19-,21+,22-,24?,28-,29+,33?/m0/s1. The molecule has 42 heavy (non-hydrogen) atoms. The van der Waals surface area contributed by atoms with Crippen molar-refractivity contribution in [2.75, 3.05) is 7.11 Å². The molecule has 2 aromatic rings. The van der Waals surface area contributed by atoms with Crippen molar-refractivity contribution in [3.05, 3.63) is 59.2 Å². The number of amides is 2. The average molecular weight is 574 g/mol. The van der Waals surface area contributed by atoms with E-state index in [1.807, 2.05) is 37.3 Å². The van der Waals surface area contributed by atoms with Crippen LogP contribution >= 0.6 is 0 Å². The Morgan fingerprint density at radius 3 is 2.38 bits per heavy atom. The number of carbonyl (C=O) groups is 3. The molecule has 2 aromatic carbocycles. The molecule has 0 aliphatic heterocycles. The predicted octanol–water partition coefficient (Wildman–Crippen LogP) is 5.00. The summed E-state index contributed by atoms with van der Waals surface area (Å²) in [5.41, 5.74) is 0.708. The highest BCUT2D eigenvalue weighted by Gasteiger charge is 2.51. The van der Waals surface area contributed by atoms with Gasteiger partial charge in [0.15, 0.2) is 0 Å². The highest BCUT2D eigenvalue weighted by atomic mass is 16.5. The number of hydrogen-bond acceptors (Lipinski definition) is 6. The molecule has 3 fully saturated rings. The van der Waals surface area contributed by atoms with Crippen LogP contribution < -0.4 is 20.1 Å². The molecule has 5 atom stereocenters. The van der Waals surface area contributed by atoms with Gasteiger partial charge in [-0.05, 0) is 82.3 Å². The van der Waals surface area contributed by atoms with E-state index in [4.69, 9.17) is 9.47 Å². The fraction of sp³-hybridized carbons (Fsp3) is 0.515. The van der Waals surface area contributed by atoms with Crippen LogP contribution in [-0.4, -0.2) is 42.1 Å². The van der Waals surface area contributed by atoms with E-state index in [1.54, 1.807) is 6.92 Å². The quantitative estimate of drug-likeness (QED) is 0.384. The zero-order chi connectivity index (χ0) is 30.0. The summed E-state index contributed by atoms with van der Waals surface area (Å²) in [6.45, 7) is 3.71. The van der Waals surface area contributed by atoms with Gasteiger partial charge < -0.3 is 25.2 Å². The lowest BCUT2D eigenvalue weighted by molar-refractivity contribution is -0.150. The summed E-state index contributed by atoms with van der Waals surface area (Å²) in [6.07, 6.45) is 4.57. The SMILES string of the molecule is COc1cc(C#N)c(OC2CCC(C)(C(=O)O)CC2)cc1C(=O)N[C@@H]1[C@H]2CC[C@H](C2)[C@@H]1C(=O)N[C@@H](C)c1ccccc1. The van der Waals surface area contributed by atoms with Gasteiger partial charge in [0, 0.05) is 12.1 Å². The molecule has 9 nitrogen and oxygen atoms in total. The van der Waals surface area contributed by atoms with Crippen LogP contribution in [0.15, 0.2) is 42.5 Å². The molecule has 2 bridgehead atoms. The predicted molar refractivity (Wildman–Crippen MR) is 155 cm³/mol. The number of nitrogens with one attached hydrogen (secondary N) is 2. The number of aliphatic carboxylic acids is 1. The first kappa shape index (κ1) is 29.4. The summed E-state index contributed by atoms with van der Waals surface area (Å²) in [5, 5.41) is 25.7. The Morgan fingerprint density at radius 1 is 1.05 bits per heavy atom. The number of methoxy groups -OCH3 is 1. The maximum atomic E-state index is 13.7. The third-order valence-electron chi connectivity index (χ3n) is 9.69. The fourth-order valence-corrected chi connectivity index (χ4v) is 7.07. The Kier molecular flexibility index (Phi) is 8.44. The first-order valence-corrected chi connectivity index (χ1v) is 14.8. The van der Waals surface area contributed by atoms with Gasteiger partial charge in [0.2, 0.25) is 5.91 Å². The van der Waals surface area contributed by atoms with Gasteiger partial charge in [0.05, 0.1) is 41.7 Å². The molecule has 5 rings (SSSR count). The van der Waals surface area contributed by atoms with E-state index in [0.717, 1.165) is 24.8 Å². The second-order valence-electron chi connectivity index (χ2n) is 12.3. The first-order valence-electron chi connectivity index (χ1n) is 14.8. The lowest BCUT2D eigenvalue weighted by atomic mass is 9.75. The molecular weight excluding hydrogens is 534 g/mol. The highest BCUT2D eigenvalue weighted by molar-refractivity contribution is 5.98. The van der Waals surface area contributed by atoms with Gasteiger partial charge in [-0.1, -0.05) is 30.3 Å². The Labute approximate surface area is 246 Å². The Hall–Kier alpha value is -4.06. The zero-order valence-electron chi connectivity index (χ0n) is 24.4. The monoisotopic (exact) mass is 573 g/mol. The van der Waals surface area contributed by atoms with Crippen LogP contribution in [-0.2, 0) is 9.59 Å². The van der Waals surface area contributed by atoms with Crippen LogP contribution in [0, 0.1) is 34.5 Å². The summed E-state index contributed by atoms with van der Waals surface area (Å²) in [7, 11) is 1.44. The van der Waals surface area contributed by atoms with Crippen molar-refractivity contribution in [3.8, 4) is 17.6 Å². The second-order valence-corrected chi connectivity index (χ2v) is 12.3. The highest BCUT2D eigenvalue weighted by Crippen LogP contribution is 2.49. The van der Waals surface area contributed by atoms with Gasteiger partial charge in [0.25, 0.3) is 5.91 Å². The molecule has 0 unspecified atom stereocenters. The number of benzene rings is 2. The normalized spacial score (nSPS) is 28.8. The molecule has 3 saturated carbocycles. The molecule has 9 heteroatoms. The van der Waals surface area contributed by atoms with E-state index >= 15 is 0 Å². The molecule has 2 amide bonds. The summed E-state index contributed by atoms with van der Waals surface area (Å²) in [6, 6.07) is 14.5. The topological polar surface area (TPSA) is 138 Å². The van der Waals surface area contributed by atoms with Crippen molar-refractivity contribution in [1.82, 2.24) is 10.6 Å². The van der Waals surface area contributed by atoms with Crippen LogP contribution in [0.4, 0.5) is 0 Å². The minimum absolute atomic E-state index is 0.0506. The van der Waals surface area contributed by atoms with E-state index in [2.05, 4.69) is 16.7 Å². The van der Waals surface area contributed by atoms with Crippen molar-refractivity contribution in [1.29, 1.82) is 5.26 Å². The van der Waals surface area contributed by atoms with Crippen LogP contribution in [0.5, 0.6) is 11.5 Å². The number of rotatable bonds is 9. The smallest absolute Gasteiger partial charge is 0.309 e. The van der Waals surface area contributed by atoms with Crippen LogP contribution in [0.25, 0.3) is 0 Å². The summed E-state index contributed by atoms with van der Waals surface area (Å²) < 4.78 is 11.7. The average Bonchev–Trinajstić information content (AvgIpc) is 3.60. The molecule has 3 N–H and O–H groups in total. The first-order chi connectivity index (χ1) is 20.1. The van der Waals surface area contributed by atoms with Gasteiger partial charge in [0.1, 0.15) is 17.6 Å². The number of fused-ring (bicyclic) bond motifs is 2. The number of ether oxygens (including phenoxy) is 2. The third kappa shape index (κ3) is 5.80. The molecule has 0 spiro atoms. The van der Waals surface area contributed by atoms with E-state index in [0.29, 0.717) is 25.7 Å². The maximum absolute atomic E-state index is 13.7. The van der Waals surface area contributed by atoms with Gasteiger partial charge >= 0.3 is 5.97 Å². The van der Waals surface area contributed by atoms with E-state index in [-0.39, 0.29) is 70.4 Å². The van der Waals surface area contributed by atoms with E-state index in [1.165, 1.54) is 19.2 Å². The Morgan fingerprint density at radius 2 is 1.74 bits per heavy atom. The molecule has 3 aliphatic rings. The molecular formula is C33H39N3O6. The minimum atomic E-state index is -0.816. The molecule has 0 saturated heterocycles. The van der Waals surface area contributed by atoms with Gasteiger partial charge in [-0.15, -0.1) is 0 Å². The second kappa shape index (κ2) is 12.0. The van der Waals surface area contributed by atoms with Crippen molar-refractivity contribution in [3.63, 3.8) is 0 Å². The summed E-state index contributed by atoms with van der Waals surface area (Å²) in [4.78, 5) is 38.9. The van der Waals surface area contributed by atoms with E-state index < -0.39 is 11.4 Å². The largest absolute Gasteiger partial charge is 0.496 e. The molecule has 222 valence electrons. The number of carboxylic acids is 1. The number of carboxylic acid groups (broad SMARTS) is 1. The number of nitrogens with zero attached hydrogens (tertiary/aromatic N) is 1. The van der Waals surface area contributed by atoms with Crippen molar-refractivity contribution in [2.45, 2.75) is 77.0 Å². The summed E-state index contributed by atoms with van der Waals surface area (Å²) >= 11 is 0. The Balaban J connectivity index is 1.32. The molecule has 0 radical (unpaired) electrons. The van der Waals surface area contributed by atoms with Gasteiger partial charge in [-0.3, -0.25) is 14.4 Å². The van der Waals surface area contributed by atoms with Crippen molar-refractivity contribution >= 4 is 17.8 Å². The van der Waals surface area contributed by atoms with Crippen LogP contribution in [0.1, 0.15) is 86.3 Å². The maximum Gasteiger partial charge on any atom is 0.309 e. The lowest BCUT2D eigenvalue weighted by Crippen LogP contribution is -2.50. The molecule has 0 aromatic heterocycles. The van der Waals surface area contributed by atoms with Crippen LogP contribution in [0.2, 0.25) is 0 Å². The van der Waals surface area contributed by atoms with Crippen LogP contribution in [0.3, 0.4) is 0 Å². The van der Waals surface area contributed by atoms with Crippen molar-refractivity contribution < 1.29 is 29.0 Å². The van der Waals surface area contributed by atoms with Crippen molar-refractivity contribution in [2.24, 2.45) is 23.2 Å². The number of carbonyl (C=O) groups excluding carboxylic acids is 2. The summed E-state index contributed by atoms with van der Waals surface area (Å²) in [5.74, 6) is -0.624. The number of nitriles is 1. The Bertz CT molecular complexity index is 1380. The molecule has 3 aliphatic carbocycles. The third-order valence-corrected chi connectivity index (χ3v) is 9.69. The minimum Gasteiger partial charge on any atom is -0.496 e. The van der Waals surface area contributed by atoms with E-state index in [9.17, 15) is 24.8 Å². The lowest BCUT2D eigenvalue weighted by Gasteiger charge is -2.34. The zero-order valence-corrected chi connectivity index (χ0v) is 24.4. The molecule has 0 heterocycles. The van der Waals surface area contributed by atoms with Gasteiger partial charge in [-0.2, -0.15) is 5.26 Å².